The number of nitrogens with zero attached hydrogens (tertiary/aromatic N) is 5. The lowest BCUT2D eigenvalue weighted by molar-refractivity contribution is -0.384. The predicted octanol–water partition coefficient (Wildman–Crippen LogP) is 3.98. The normalized spacial score (nSPS) is 13.0. The Kier molecular flexibility index (Phi) is 5.54. The molecule has 0 aliphatic carbocycles. The first-order valence-electron chi connectivity index (χ1n) is 9.65. The average Bonchev–Trinajstić information content (AvgIpc) is 3.38. The van der Waals surface area contributed by atoms with E-state index in [2.05, 4.69) is 36.2 Å². The predicted molar refractivity (Wildman–Crippen MR) is 115 cm³/mol. The third-order valence-electron chi connectivity index (χ3n) is 5.16. The summed E-state index contributed by atoms with van der Waals surface area (Å²) in [7, 11) is 0. The highest BCUT2D eigenvalue weighted by molar-refractivity contribution is 7.99. The van der Waals surface area contributed by atoms with Crippen molar-refractivity contribution in [1.82, 2.24) is 14.8 Å². The van der Waals surface area contributed by atoms with E-state index in [0.29, 0.717) is 29.7 Å². The Labute approximate surface area is 178 Å². The molecule has 4 rings (SSSR count). The molecule has 0 atom stereocenters. The molecule has 3 aromatic rings. The third kappa shape index (κ3) is 3.93. The van der Waals surface area contributed by atoms with Gasteiger partial charge in [0.25, 0.3) is 5.69 Å². The highest BCUT2D eigenvalue weighted by Crippen LogP contribution is 2.32. The number of hydrogen-bond donors (Lipinski definition) is 0. The van der Waals surface area contributed by atoms with Gasteiger partial charge >= 0.3 is 0 Å². The molecule has 0 fully saturated rings. The van der Waals surface area contributed by atoms with Crippen LogP contribution < -0.4 is 4.90 Å². The van der Waals surface area contributed by atoms with Gasteiger partial charge in [0.05, 0.1) is 16.4 Å². The number of thioether (sulfide) groups is 1. The van der Waals surface area contributed by atoms with Crippen LogP contribution in [0.5, 0.6) is 0 Å². The molecule has 1 amide bonds. The zero-order chi connectivity index (χ0) is 21.3. The molecule has 2 heterocycles. The van der Waals surface area contributed by atoms with Crippen LogP contribution in [0.1, 0.15) is 30.9 Å². The van der Waals surface area contributed by atoms with Crippen molar-refractivity contribution in [3.05, 3.63) is 70.0 Å². The first-order chi connectivity index (χ1) is 14.4. The molecule has 2 aromatic carbocycles. The molecular formula is C21H21N5O3S. The smallest absolute Gasteiger partial charge is 0.271 e. The maximum atomic E-state index is 12.8. The highest BCUT2D eigenvalue weighted by atomic mass is 32.2. The number of hydrogen-bond acceptors (Lipinski definition) is 6. The minimum Gasteiger partial charge on any atom is -0.311 e. The van der Waals surface area contributed by atoms with E-state index in [-0.39, 0.29) is 17.3 Å². The van der Waals surface area contributed by atoms with Crippen LogP contribution in [0.15, 0.2) is 53.9 Å². The summed E-state index contributed by atoms with van der Waals surface area (Å²) in [4.78, 5) is 25.1. The lowest BCUT2D eigenvalue weighted by Gasteiger charge is -2.17. The van der Waals surface area contributed by atoms with Crippen LogP contribution in [0.3, 0.4) is 0 Å². The van der Waals surface area contributed by atoms with Gasteiger partial charge in [-0.15, -0.1) is 10.2 Å². The number of rotatable bonds is 6. The van der Waals surface area contributed by atoms with Crippen molar-refractivity contribution in [2.24, 2.45) is 0 Å². The average molecular weight is 423 g/mol. The minimum absolute atomic E-state index is 0.00862. The Bertz CT molecular complexity index is 1090. The van der Waals surface area contributed by atoms with Gasteiger partial charge in [0, 0.05) is 24.4 Å². The van der Waals surface area contributed by atoms with Crippen LogP contribution in [-0.2, 0) is 11.2 Å². The van der Waals surface area contributed by atoms with E-state index < -0.39 is 4.92 Å². The minimum atomic E-state index is -0.441. The number of fused-ring (bicyclic) bond motifs is 1. The van der Waals surface area contributed by atoms with E-state index in [1.54, 1.807) is 17.3 Å². The fourth-order valence-electron chi connectivity index (χ4n) is 3.46. The summed E-state index contributed by atoms with van der Waals surface area (Å²) < 4.78 is 1.85. The van der Waals surface area contributed by atoms with Gasteiger partial charge in [-0.05, 0) is 35.6 Å². The van der Waals surface area contributed by atoms with Crippen LogP contribution in [0.25, 0.3) is 5.69 Å². The van der Waals surface area contributed by atoms with Crippen LogP contribution in [0.4, 0.5) is 11.4 Å². The summed E-state index contributed by atoms with van der Waals surface area (Å²) in [6.45, 7) is 4.82. The number of nitro groups is 1. The van der Waals surface area contributed by atoms with Crippen molar-refractivity contribution in [2.75, 3.05) is 17.2 Å². The zero-order valence-electron chi connectivity index (χ0n) is 16.7. The zero-order valence-corrected chi connectivity index (χ0v) is 17.5. The lowest BCUT2D eigenvalue weighted by Crippen LogP contribution is -2.30. The van der Waals surface area contributed by atoms with E-state index in [9.17, 15) is 14.9 Å². The molecule has 0 saturated heterocycles. The number of nitro benzene ring substituents is 1. The second kappa shape index (κ2) is 8.27. The van der Waals surface area contributed by atoms with Crippen molar-refractivity contribution in [1.29, 1.82) is 0 Å². The summed E-state index contributed by atoms with van der Waals surface area (Å²) in [5.41, 5.74) is 3.75. The molecule has 9 heteroatoms. The summed E-state index contributed by atoms with van der Waals surface area (Å²) in [5.74, 6) is 0.514. The number of aromatic nitrogens is 3. The number of amides is 1. The molecule has 1 aliphatic heterocycles. The molecule has 0 saturated carbocycles. The Morgan fingerprint density at radius 1 is 1.23 bits per heavy atom. The van der Waals surface area contributed by atoms with Crippen LogP contribution >= 0.6 is 11.8 Å². The van der Waals surface area contributed by atoms with Crippen molar-refractivity contribution in [3.8, 4) is 5.69 Å². The molecular weight excluding hydrogens is 402 g/mol. The van der Waals surface area contributed by atoms with Crippen molar-refractivity contribution in [2.45, 2.75) is 31.3 Å². The van der Waals surface area contributed by atoms with E-state index in [4.69, 9.17) is 0 Å². The summed E-state index contributed by atoms with van der Waals surface area (Å²) >= 11 is 1.30. The lowest BCUT2D eigenvalue weighted by atomic mass is 10.0. The molecule has 1 aromatic heterocycles. The molecule has 0 spiro atoms. The van der Waals surface area contributed by atoms with E-state index in [1.807, 2.05) is 16.7 Å². The number of non-ortho nitro benzene ring substituents is 1. The number of carbonyl (C=O) groups excluding carboxylic acids is 1. The molecule has 0 bridgehead atoms. The van der Waals surface area contributed by atoms with E-state index in [1.165, 1.54) is 29.5 Å². The highest BCUT2D eigenvalue weighted by Gasteiger charge is 2.27. The topological polar surface area (TPSA) is 94.2 Å². The Morgan fingerprint density at radius 2 is 2.00 bits per heavy atom. The van der Waals surface area contributed by atoms with E-state index in [0.717, 1.165) is 11.3 Å². The molecule has 0 unspecified atom stereocenters. The number of benzene rings is 2. The van der Waals surface area contributed by atoms with Gasteiger partial charge in [0.15, 0.2) is 5.16 Å². The molecule has 0 radical (unpaired) electrons. The number of anilines is 1. The van der Waals surface area contributed by atoms with Crippen molar-refractivity contribution >= 4 is 29.0 Å². The quantitative estimate of drug-likeness (QED) is 0.338. The SMILES string of the molecule is CC(C)c1ccc(-n2cnnc2SCC(=O)N2CCc3ccc([N+](=O)[O-])cc32)cc1. The van der Waals surface area contributed by atoms with E-state index >= 15 is 0 Å². The summed E-state index contributed by atoms with van der Waals surface area (Å²) in [6.07, 6.45) is 2.33. The first-order valence-corrected chi connectivity index (χ1v) is 10.6. The number of carbonyl (C=O) groups is 1. The molecule has 8 nitrogen and oxygen atoms in total. The monoisotopic (exact) mass is 423 g/mol. The Balaban J connectivity index is 1.47. The summed E-state index contributed by atoms with van der Waals surface area (Å²) in [5, 5.41) is 19.8. The van der Waals surface area contributed by atoms with Gasteiger partial charge in [-0.25, -0.2) is 0 Å². The van der Waals surface area contributed by atoms with Gasteiger partial charge in [-0.1, -0.05) is 43.8 Å². The van der Waals surface area contributed by atoms with Gasteiger partial charge in [-0.3, -0.25) is 19.5 Å². The largest absolute Gasteiger partial charge is 0.311 e. The van der Waals surface area contributed by atoms with Gasteiger partial charge in [0.1, 0.15) is 6.33 Å². The molecule has 0 N–H and O–H groups in total. The Morgan fingerprint density at radius 3 is 2.70 bits per heavy atom. The molecule has 154 valence electrons. The Hall–Kier alpha value is -3.20. The molecule has 30 heavy (non-hydrogen) atoms. The standard InChI is InChI=1S/C21H21N5O3S/c1-14(2)15-3-6-17(7-4-15)25-13-22-23-21(25)30-12-20(27)24-10-9-16-5-8-18(26(28)29)11-19(16)24/h3-8,11,13-14H,9-10,12H2,1-2H3. The van der Waals surface area contributed by atoms with Crippen molar-refractivity contribution < 1.29 is 9.72 Å². The van der Waals surface area contributed by atoms with Crippen molar-refractivity contribution in [3.63, 3.8) is 0 Å². The van der Waals surface area contributed by atoms with Gasteiger partial charge in [0.2, 0.25) is 5.91 Å². The summed E-state index contributed by atoms with van der Waals surface area (Å²) in [6, 6.07) is 12.9. The fraction of sp³-hybridized carbons (Fsp3) is 0.286. The second-order valence-electron chi connectivity index (χ2n) is 7.38. The molecule has 1 aliphatic rings. The van der Waals surface area contributed by atoms with Gasteiger partial charge < -0.3 is 4.90 Å². The maximum absolute atomic E-state index is 12.8. The second-order valence-corrected chi connectivity index (χ2v) is 8.33. The third-order valence-corrected chi connectivity index (χ3v) is 6.08. The first kappa shape index (κ1) is 20.1. The van der Waals surface area contributed by atoms with Crippen LogP contribution in [0, 0.1) is 10.1 Å². The van der Waals surface area contributed by atoms with Crippen LogP contribution in [0.2, 0.25) is 0 Å². The van der Waals surface area contributed by atoms with Gasteiger partial charge in [-0.2, -0.15) is 0 Å². The fourth-order valence-corrected chi connectivity index (χ4v) is 4.27. The maximum Gasteiger partial charge on any atom is 0.271 e. The van der Waals surface area contributed by atoms with Crippen LogP contribution in [-0.4, -0.2) is 37.9 Å².